The molecule has 0 saturated carbocycles. The molecule has 1 amide bonds. The van der Waals surface area contributed by atoms with Crippen LogP contribution in [-0.2, 0) is 4.79 Å². The molecule has 158 valence electrons. The second kappa shape index (κ2) is 8.40. The quantitative estimate of drug-likeness (QED) is 0.478. The number of benzene rings is 3. The van der Waals surface area contributed by atoms with Gasteiger partial charge >= 0.3 is 0 Å². The van der Waals surface area contributed by atoms with Crippen LogP contribution in [0.15, 0.2) is 84.1 Å². The van der Waals surface area contributed by atoms with Gasteiger partial charge in [-0.15, -0.1) is 6.42 Å². The maximum atomic E-state index is 13.6. The van der Waals surface area contributed by atoms with Crippen LogP contribution in [0.2, 0.25) is 0 Å². The molecule has 5 nitrogen and oxygen atoms in total. The van der Waals surface area contributed by atoms with E-state index in [1.807, 2.05) is 0 Å². The molecule has 1 atom stereocenters. The number of halogens is 1. The zero-order chi connectivity index (χ0) is 22.8. The largest absolute Gasteiger partial charge is 0.503 e. The number of hydrogen-bond donors (Lipinski definition) is 1. The molecule has 0 bridgehead atoms. The number of amides is 1. The lowest BCUT2D eigenvalue weighted by Gasteiger charge is -2.27. The molecule has 0 fully saturated rings. The van der Waals surface area contributed by atoms with Crippen molar-refractivity contribution in [3.63, 3.8) is 0 Å². The summed E-state index contributed by atoms with van der Waals surface area (Å²) >= 11 is 0. The minimum absolute atomic E-state index is 0.0900. The first-order valence-corrected chi connectivity index (χ1v) is 9.72. The number of ether oxygens (including phenoxy) is 1. The summed E-state index contributed by atoms with van der Waals surface area (Å²) in [5.41, 5.74) is 1.71. The molecular formula is C26H18FNO4. The van der Waals surface area contributed by atoms with E-state index >= 15 is 0 Å². The third-order valence-corrected chi connectivity index (χ3v) is 5.30. The molecular weight excluding hydrogens is 409 g/mol. The van der Waals surface area contributed by atoms with Gasteiger partial charge in [-0.1, -0.05) is 18.1 Å². The Kier molecular flexibility index (Phi) is 5.48. The number of hydrogen-bond acceptors (Lipinski definition) is 4. The summed E-state index contributed by atoms with van der Waals surface area (Å²) < 4.78 is 18.7. The molecule has 1 aliphatic heterocycles. The fourth-order valence-electron chi connectivity index (χ4n) is 3.68. The molecule has 6 heteroatoms. The van der Waals surface area contributed by atoms with Gasteiger partial charge in [-0.25, -0.2) is 4.39 Å². The van der Waals surface area contributed by atoms with Gasteiger partial charge in [0.15, 0.2) is 11.5 Å². The number of nitrogens with zero attached hydrogens (tertiary/aromatic N) is 1. The van der Waals surface area contributed by atoms with Crippen molar-refractivity contribution >= 4 is 17.4 Å². The molecule has 0 aliphatic carbocycles. The van der Waals surface area contributed by atoms with Crippen molar-refractivity contribution in [2.75, 3.05) is 12.0 Å². The van der Waals surface area contributed by atoms with Gasteiger partial charge in [0, 0.05) is 16.8 Å². The molecule has 0 aromatic heterocycles. The highest BCUT2D eigenvalue weighted by molar-refractivity contribution is 6.20. The summed E-state index contributed by atoms with van der Waals surface area (Å²) in [6.07, 6.45) is 5.41. The van der Waals surface area contributed by atoms with Crippen molar-refractivity contribution in [2.24, 2.45) is 0 Å². The maximum Gasteiger partial charge on any atom is 0.294 e. The van der Waals surface area contributed by atoms with Crippen LogP contribution in [0.5, 0.6) is 5.75 Å². The Bertz CT molecular complexity index is 1250. The standard InChI is InChI=1S/C26H18FNO4/c1-3-16-4-12-20(13-5-16)28-23(17-6-10-19(27)11-7-17)22(25(30)26(28)31)24(29)18-8-14-21(32-2)15-9-18/h1,4-15,23,30H,2H3. The number of carbonyl (C=O) groups excluding carboxylic acids is 2. The number of ketones is 1. The normalized spacial score (nSPS) is 15.6. The number of carbonyl (C=O) groups is 2. The molecule has 0 radical (unpaired) electrons. The van der Waals surface area contributed by atoms with Crippen LogP contribution in [0, 0.1) is 18.2 Å². The Morgan fingerprint density at radius 2 is 1.66 bits per heavy atom. The minimum Gasteiger partial charge on any atom is -0.503 e. The topological polar surface area (TPSA) is 66.8 Å². The third kappa shape index (κ3) is 3.61. The molecule has 1 heterocycles. The van der Waals surface area contributed by atoms with Gasteiger partial charge in [-0.3, -0.25) is 14.5 Å². The number of anilines is 1. The zero-order valence-electron chi connectivity index (χ0n) is 17.1. The Hall–Kier alpha value is -4.37. The highest BCUT2D eigenvalue weighted by atomic mass is 19.1. The van der Waals surface area contributed by atoms with Crippen LogP contribution >= 0.6 is 0 Å². The number of Topliss-reactive ketones (excluding diaryl/α,β-unsaturated/α-hetero) is 1. The summed E-state index contributed by atoms with van der Waals surface area (Å²) in [5, 5.41) is 10.7. The van der Waals surface area contributed by atoms with Gasteiger partial charge in [0.2, 0.25) is 0 Å². The molecule has 1 aliphatic rings. The molecule has 0 spiro atoms. The summed E-state index contributed by atoms with van der Waals surface area (Å²) in [6, 6.07) is 17.4. The summed E-state index contributed by atoms with van der Waals surface area (Å²) in [7, 11) is 1.51. The molecule has 3 aromatic carbocycles. The SMILES string of the molecule is C#Cc1ccc(N2C(=O)C(O)=C(C(=O)c3ccc(OC)cc3)C2c2ccc(F)cc2)cc1. The predicted molar refractivity (Wildman–Crippen MR) is 118 cm³/mol. The van der Waals surface area contributed by atoms with Gasteiger partial charge in [-0.05, 0) is 66.2 Å². The number of aliphatic hydroxyl groups is 1. The van der Waals surface area contributed by atoms with Crippen LogP contribution in [0.1, 0.15) is 27.5 Å². The van der Waals surface area contributed by atoms with Crippen LogP contribution in [0.3, 0.4) is 0 Å². The van der Waals surface area contributed by atoms with E-state index in [0.29, 0.717) is 22.6 Å². The Labute approximate surface area is 184 Å². The molecule has 32 heavy (non-hydrogen) atoms. The summed E-state index contributed by atoms with van der Waals surface area (Å²) in [5.74, 6) is 0.704. The second-order valence-corrected chi connectivity index (χ2v) is 7.14. The summed E-state index contributed by atoms with van der Waals surface area (Å²) in [4.78, 5) is 27.8. The fourth-order valence-corrected chi connectivity index (χ4v) is 3.68. The first-order valence-electron chi connectivity index (χ1n) is 9.72. The molecule has 0 saturated heterocycles. The van der Waals surface area contributed by atoms with E-state index in [9.17, 15) is 19.1 Å². The third-order valence-electron chi connectivity index (χ3n) is 5.30. The average Bonchev–Trinajstić information content (AvgIpc) is 3.09. The molecule has 1 unspecified atom stereocenters. The predicted octanol–water partition coefficient (Wildman–Crippen LogP) is 4.60. The highest BCUT2D eigenvalue weighted by Crippen LogP contribution is 2.42. The summed E-state index contributed by atoms with van der Waals surface area (Å²) in [6.45, 7) is 0. The van der Waals surface area contributed by atoms with Crippen LogP contribution in [0.25, 0.3) is 0 Å². The number of aliphatic hydroxyl groups excluding tert-OH is 1. The lowest BCUT2D eigenvalue weighted by atomic mass is 9.92. The fraction of sp³-hybridized carbons (Fsp3) is 0.0769. The number of terminal acetylenes is 1. The first-order chi connectivity index (χ1) is 15.4. The Morgan fingerprint density at radius 1 is 1.03 bits per heavy atom. The van der Waals surface area contributed by atoms with Gasteiger partial charge in [-0.2, -0.15) is 0 Å². The molecule has 4 rings (SSSR count). The lowest BCUT2D eigenvalue weighted by molar-refractivity contribution is -0.117. The van der Waals surface area contributed by atoms with Crippen molar-refractivity contribution in [2.45, 2.75) is 6.04 Å². The van der Waals surface area contributed by atoms with Gasteiger partial charge < -0.3 is 9.84 Å². The Morgan fingerprint density at radius 3 is 2.22 bits per heavy atom. The van der Waals surface area contributed by atoms with Gasteiger partial charge in [0.1, 0.15) is 11.6 Å². The van der Waals surface area contributed by atoms with Crippen LogP contribution < -0.4 is 9.64 Å². The second-order valence-electron chi connectivity index (χ2n) is 7.14. The minimum atomic E-state index is -0.950. The Balaban J connectivity index is 1.84. The first kappa shape index (κ1) is 20.9. The van der Waals surface area contributed by atoms with Crippen molar-refractivity contribution in [3.05, 3.63) is 107 Å². The molecule has 1 N–H and O–H groups in total. The highest BCUT2D eigenvalue weighted by Gasteiger charge is 2.44. The average molecular weight is 427 g/mol. The number of methoxy groups -OCH3 is 1. The van der Waals surface area contributed by atoms with E-state index in [-0.39, 0.29) is 11.1 Å². The lowest BCUT2D eigenvalue weighted by Crippen LogP contribution is -2.31. The van der Waals surface area contributed by atoms with Crippen LogP contribution in [-0.4, -0.2) is 23.9 Å². The maximum absolute atomic E-state index is 13.6. The van der Waals surface area contributed by atoms with E-state index in [2.05, 4.69) is 5.92 Å². The van der Waals surface area contributed by atoms with E-state index in [4.69, 9.17) is 11.2 Å². The van der Waals surface area contributed by atoms with Crippen LogP contribution in [0.4, 0.5) is 10.1 Å². The monoisotopic (exact) mass is 427 g/mol. The van der Waals surface area contributed by atoms with Crippen molar-refractivity contribution in [1.82, 2.24) is 0 Å². The smallest absolute Gasteiger partial charge is 0.294 e. The molecule has 3 aromatic rings. The van der Waals surface area contributed by atoms with E-state index in [1.54, 1.807) is 48.5 Å². The number of rotatable bonds is 5. The zero-order valence-corrected chi connectivity index (χ0v) is 17.1. The van der Waals surface area contributed by atoms with E-state index < -0.39 is 29.3 Å². The van der Waals surface area contributed by atoms with Gasteiger partial charge in [0.05, 0.1) is 18.7 Å². The van der Waals surface area contributed by atoms with Crippen molar-refractivity contribution < 1.29 is 23.8 Å². The van der Waals surface area contributed by atoms with E-state index in [1.165, 1.54) is 36.3 Å². The van der Waals surface area contributed by atoms with Crippen molar-refractivity contribution in [1.29, 1.82) is 0 Å². The van der Waals surface area contributed by atoms with E-state index in [0.717, 1.165) is 0 Å². The van der Waals surface area contributed by atoms with Gasteiger partial charge in [0.25, 0.3) is 5.91 Å². The van der Waals surface area contributed by atoms with Crippen molar-refractivity contribution in [3.8, 4) is 18.1 Å².